The molecule has 0 fully saturated rings. The summed E-state index contributed by atoms with van der Waals surface area (Å²) in [5.41, 5.74) is 4.48. The van der Waals surface area contributed by atoms with Crippen LogP contribution in [0.5, 0.6) is 11.5 Å². The summed E-state index contributed by atoms with van der Waals surface area (Å²) in [4.78, 5) is 10.4. The summed E-state index contributed by atoms with van der Waals surface area (Å²) in [6.07, 6.45) is -0.283. The van der Waals surface area contributed by atoms with Gasteiger partial charge < -0.3 is 9.47 Å². The highest BCUT2D eigenvalue weighted by molar-refractivity contribution is 5.81. The van der Waals surface area contributed by atoms with E-state index in [1.54, 1.807) is 0 Å². The second kappa shape index (κ2) is 7.02. The summed E-state index contributed by atoms with van der Waals surface area (Å²) in [6, 6.07) is 12.2. The average molecular weight is 314 g/mol. The molecule has 3 rings (SSSR count). The average Bonchev–Trinajstić information content (AvgIpc) is 2.62. The molecule has 2 aromatic carbocycles. The first kappa shape index (κ1) is 15.8. The molecular weight excluding hydrogens is 292 g/mol. The van der Waals surface area contributed by atoms with Crippen molar-refractivity contribution < 1.29 is 19.2 Å². The van der Waals surface area contributed by atoms with Crippen LogP contribution < -0.4 is 9.47 Å². The molecule has 0 aliphatic carbocycles. The maximum absolute atomic E-state index is 6.03. The summed E-state index contributed by atoms with van der Waals surface area (Å²) in [6.45, 7) is 7.30. The van der Waals surface area contributed by atoms with Crippen molar-refractivity contribution in [2.75, 3.05) is 19.8 Å². The zero-order valence-corrected chi connectivity index (χ0v) is 13.8. The van der Waals surface area contributed by atoms with Crippen molar-refractivity contribution in [3.05, 3.63) is 47.5 Å². The Kier molecular flexibility index (Phi) is 4.84. The van der Waals surface area contributed by atoms with E-state index in [1.807, 2.05) is 31.2 Å². The predicted octanol–water partition coefficient (Wildman–Crippen LogP) is 4.08. The number of fused-ring (bicyclic) bond motifs is 3. The molecule has 0 spiro atoms. The summed E-state index contributed by atoms with van der Waals surface area (Å²) < 4.78 is 12.1. The van der Waals surface area contributed by atoms with Crippen LogP contribution in [0.3, 0.4) is 0 Å². The van der Waals surface area contributed by atoms with Gasteiger partial charge in [-0.05, 0) is 44.0 Å². The fourth-order valence-electron chi connectivity index (χ4n) is 2.80. The Labute approximate surface area is 136 Å². The van der Waals surface area contributed by atoms with Gasteiger partial charge in [-0.2, -0.15) is 0 Å². The highest BCUT2D eigenvalue weighted by Gasteiger charge is 2.22. The summed E-state index contributed by atoms with van der Waals surface area (Å²) >= 11 is 0. The number of aryl methyl sites for hydroxylation is 2. The van der Waals surface area contributed by atoms with Gasteiger partial charge in [0.25, 0.3) is 0 Å². The fourth-order valence-corrected chi connectivity index (χ4v) is 2.80. The molecule has 1 heterocycles. The van der Waals surface area contributed by atoms with Crippen LogP contribution in [0.2, 0.25) is 0 Å². The van der Waals surface area contributed by atoms with Gasteiger partial charge in [0.05, 0.1) is 6.61 Å². The second-order valence-electron chi connectivity index (χ2n) is 5.64. The zero-order valence-electron chi connectivity index (χ0n) is 13.8. The van der Waals surface area contributed by atoms with Crippen molar-refractivity contribution in [2.24, 2.45) is 0 Å². The normalized spacial score (nSPS) is 14.6. The Morgan fingerprint density at radius 3 is 1.91 bits per heavy atom. The number of hydrogen-bond acceptors (Lipinski definition) is 4. The van der Waals surface area contributed by atoms with Gasteiger partial charge in [0.1, 0.15) is 24.7 Å². The Bertz CT molecular complexity index is 626. The van der Waals surface area contributed by atoms with Gasteiger partial charge in [-0.15, -0.1) is 0 Å². The highest BCUT2D eigenvalue weighted by atomic mass is 17.2. The molecule has 0 aromatic heterocycles. The van der Waals surface area contributed by atoms with Crippen molar-refractivity contribution in [2.45, 2.75) is 26.9 Å². The minimum Gasteiger partial charge on any atom is -0.490 e. The molecule has 1 aliphatic heterocycles. The maximum atomic E-state index is 6.03. The minimum absolute atomic E-state index is 0.283. The van der Waals surface area contributed by atoms with Gasteiger partial charge in [-0.1, -0.05) is 24.3 Å². The van der Waals surface area contributed by atoms with Gasteiger partial charge in [-0.25, -0.2) is 9.78 Å². The smallest absolute Gasteiger partial charge is 0.161 e. The van der Waals surface area contributed by atoms with Gasteiger partial charge in [0.15, 0.2) is 6.10 Å². The fraction of sp³-hybridized carbons (Fsp3) is 0.368. The largest absolute Gasteiger partial charge is 0.490 e. The Balaban J connectivity index is 2.07. The molecule has 0 N–H and O–H groups in total. The van der Waals surface area contributed by atoms with Crippen molar-refractivity contribution in [1.29, 1.82) is 0 Å². The molecule has 4 nitrogen and oxygen atoms in total. The van der Waals surface area contributed by atoms with E-state index in [4.69, 9.17) is 19.2 Å². The van der Waals surface area contributed by atoms with E-state index >= 15 is 0 Å². The number of ether oxygens (including phenoxy) is 2. The zero-order chi connectivity index (χ0) is 16.2. The van der Waals surface area contributed by atoms with Crippen molar-refractivity contribution in [1.82, 2.24) is 0 Å². The standard InChI is InChI=1S/C19H22O4/c1-4-22-23-15-11-20-16-9-5-7-13(2)18(16)19-14(3)8-6-10-17(19)21-12-15/h5-10,15H,4,11-12H2,1-3H3. The monoisotopic (exact) mass is 314 g/mol. The van der Waals surface area contributed by atoms with E-state index in [0.29, 0.717) is 19.8 Å². The van der Waals surface area contributed by atoms with Crippen LogP contribution in [0.4, 0.5) is 0 Å². The lowest BCUT2D eigenvalue weighted by Gasteiger charge is -2.16. The topological polar surface area (TPSA) is 36.9 Å². The molecule has 1 aliphatic rings. The third-order valence-electron chi connectivity index (χ3n) is 3.89. The first-order valence-electron chi connectivity index (χ1n) is 7.94. The molecule has 23 heavy (non-hydrogen) atoms. The lowest BCUT2D eigenvalue weighted by molar-refractivity contribution is -0.328. The van der Waals surface area contributed by atoms with E-state index in [2.05, 4.69) is 26.0 Å². The molecule has 0 atom stereocenters. The van der Waals surface area contributed by atoms with Crippen LogP contribution >= 0.6 is 0 Å². The lowest BCUT2D eigenvalue weighted by Crippen LogP contribution is -2.28. The molecule has 0 amide bonds. The summed E-state index contributed by atoms with van der Waals surface area (Å²) in [5.74, 6) is 1.69. The van der Waals surface area contributed by atoms with E-state index in [9.17, 15) is 0 Å². The third-order valence-corrected chi connectivity index (χ3v) is 3.89. The van der Waals surface area contributed by atoms with E-state index in [1.165, 1.54) is 0 Å². The Morgan fingerprint density at radius 2 is 1.43 bits per heavy atom. The highest BCUT2D eigenvalue weighted by Crippen LogP contribution is 2.41. The van der Waals surface area contributed by atoms with Gasteiger partial charge in [-0.3, -0.25) is 0 Å². The SMILES string of the molecule is CCOOC1COc2cccc(C)c2-c2c(C)cccc2OC1. The van der Waals surface area contributed by atoms with Crippen LogP contribution in [0.15, 0.2) is 36.4 Å². The molecular formula is C19H22O4. The molecule has 2 aromatic rings. The predicted molar refractivity (Wildman–Crippen MR) is 88.8 cm³/mol. The van der Waals surface area contributed by atoms with Gasteiger partial charge >= 0.3 is 0 Å². The number of hydrogen-bond donors (Lipinski definition) is 0. The first-order valence-corrected chi connectivity index (χ1v) is 7.94. The number of rotatable bonds is 3. The van der Waals surface area contributed by atoms with Crippen LogP contribution in [0.1, 0.15) is 18.1 Å². The molecule has 4 heteroatoms. The van der Waals surface area contributed by atoms with Crippen LogP contribution in [0.25, 0.3) is 11.1 Å². The van der Waals surface area contributed by atoms with Crippen molar-refractivity contribution in [3.8, 4) is 22.6 Å². The molecule has 0 bridgehead atoms. The minimum atomic E-state index is -0.283. The van der Waals surface area contributed by atoms with Crippen LogP contribution in [-0.4, -0.2) is 25.9 Å². The van der Waals surface area contributed by atoms with E-state index in [0.717, 1.165) is 33.8 Å². The quantitative estimate of drug-likeness (QED) is 0.632. The second-order valence-corrected chi connectivity index (χ2v) is 5.64. The Hall–Kier alpha value is -2.04. The van der Waals surface area contributed by atoms with Gasteiger partial charge in [0, 0.05) is 11.1 Å². The third kappa shape index (κ3) is 3.33. The molecule has 0 saturated carbocycles. The van der Waals surface area contributed by atoms with E-state index in [-0.39, 0.29) is 6.10 Å². The maximum Gasteiger partial charge on any atom is 0.161 e. The van der Waals surface area contributed by atoms with Crippen LogP contribution in [0, 0.1) is 13.8 Å². The molecule has 0 saturated heterocycles. The van der Waals surface area contributed by atoms with Gasteiger partial charge in [0.2, 0.25) is 0 Å². The Morgan fingerprint density at radius 1 is 0.913 bits per heavy atom. The summed E-state index contributed by atoms with van der Waals surface area (Å²) in [7, 11) is 0. The molecule has 122 valence electrons. The molecule has 0 unspecified atom stereocenters. The van der Waals surface area contributed by atoms with Crippen LogP contribution in [-0.2, 0) is 9.78 Å². The lowest BCUT2D eigenvalue weighted by atomic mass is 9.95. The number of benzene rings is 2. The van der Waals surface area contributed by atoms with E-state index < -0.39 is 0 Å². The molecule has 0 radical (unpaired) electrons. The van der Waals surface area contributed by atoms with Crippen molar-refractivity contribution >= 4 is 0 Å². The first-order chi connectivity index (χ1) is 11.2. The summed E-state index contributed by atoms with van der Waals surface area (Å²) in [5, 5.41) is 0. The van der Waals surface area contributed by atoms with Crippen molar-refractivity contribution in [3.63, 3.8) is 0 Å².